The lowest BCUT2D eigenvalue weighted by Crippen LogP contribution is -2.50. The number of fused-ring (bicyclic) bond motifs is 1. The van der Waals surface area contributed by atoms with Crippen molar-refractivity contribution in [3.8, 4) is 0 Å². The molecule has 0 unspecified atom stereocenters. The molecule has 1 N–H and O–H groups in total. The van der Waals surface area contributed by atoms with Crippen molar-refractivity contribution in [3.05, 3.63) is 65.7 Å². The monoisotopic (exact) mass is 471 g/mol. The zero-order valence-corrected chi connectivity index (χ0v) is 19.8. The van der Waals surface area contributed by atoms with Crippen molar-refractivity contribution in [2.45, 2.75) is 57.1 Å². The molecule has 0 radical (unpaired) electrons. The van der Waals surface area contributed by atoms with E-state index >= 15 is 0 Å². The summed E-state index contributed by atoms with van der Waals surface area (Å²) in [4.78, 5) is 40.0. The van der Waals surface area contributed by atoms with E-state index in [9.17, 15) is 22.8 Å². The maximum atomic E-state index is 13.2. The second kappa shape index (κ2) is 10.2. The molecule has 9 heteroatoms. The van der Waals surface area contributed by atoms with Gasteiger partial charge in [-0.05, 0) is 38.0 Å². The molecule has 1 aliphatic heterocycles. The molecule has 176 valence electrons. The van der Waals surface area contributed by atoms with Gasteiger partial charge in [-0.2, -0.15) is 0 Å². The summed E-state index contributed by atoms with van der Waals surface area (Å²) in [5, 5.41) is 2.89. The van der Waals surface area contributed by atoms with Gasteiger partial charge in [0.05, 0.1) is 5.56 Å². The van der Waals surface area contributed by atoms with Gasteiger partial charge in [0.15, 0.2) is 0 Å². The summed E-state index contributed by atoms with van der Waals surface area (Å²) in [6.07, 6.45) is 0.521. The van der Waals surface area contributed by atoms with E-state index in [-0.39, 0.29) is 41.9 Å². The Morgan fingerprint density at radius 2 is 1.67 bits per heavy atom. The van der Waals surface area contributed by atoms with Crippen molar-refractivity contribution in [1.29, 1.82) is 0 Å². The first-order chi connectivity index (χ1) is 15.7. The van der Waals surface area contributed by atoms with Crippen LogP contribution >= 0.6 is 0 Å². The van der Waals surface area contributed by atoms with Gasteiger partial charge in [0.2, 0.25) is 11.8 Å². The summed E-state index contributed by atoms with van der Waals surface area (Å²) in [6.45, 7) is 5.38. The van der Waals surface area contributed by atoms with Crippen LogP contribution in [0.1, 0.15) is 49.5 Å². The van der Waals surface area contributed by atoms with Crippen LogP contribution < -0.4 is 5.32 Å². The molecule has 1 aliphatic rings. The Morgan fingerprint density at radius 1 is 1.03 bits per heavy atom. The van der Waals surface area contributed by atoms with E-state index < -0.39 is 27.9 Å². The highest BCUT2D eigenvalue weighted by Gasteiger charge is 2.41. The highest BCUT2D eigenvalue weighted by molar-refractivity contribution is 7.90. The molecular formula is C24H29N3O5S. The van der Waals surface area contributed by atoms with E-state index in [2.05, 4.69) is 5.32 Å². The zero-order chi connectivity index (χ0) is 24.2. The molecule has 2 aromatic rings. The highest BCUT2D eigenvalue weighted by atomic mass is 32.2. The zero-order valence-electron chi connectivity index (χ0n) is 19.0. The first-order valence-electron chi connectivity index (χ1n) is 11.0. The second-order valence-corrected chi connectivity index (χ2v) is 9.96. The van der Waals surface area contributed by atoms with Crippen LogP contribution in [-0.2, 0) is 26.2 Å². The largest absolute Gasteiger partial charge is 0.352 e. The number of sulfonamides is 1. The number of hydrogen-bond donors (Lipinski definition) is 1. The first kappa shape index (κ1) is 24.4. The van der Waals surface area contributed by atoms with E-state index in [1.165, 1.54) is 17.0 Å². The second-order valence-electron chi connectivity index (χ2n) is 8.13. The van der Waals surface area contributed by atoms with E-state index in [1.54, 1.807) is 19.1 Å². The van der Waals surface area contributed by atoms with Gasteiger partial charge < -0.3 is 10.2 Å². The Balaban J connectivity index is 1.77. The van der Waals surface area contributed by atoms with Gasteiger partial charge in [-0.25, -0.2) is 12.7 Å². The molecule has 0 saturated carbocycles. The topological polar surface area (TPSA) is 104 Å². The lowest BCUT2D eigenvalue weighted by atomic mass is 10.1. The minimum absolute atomic E-state index is 0.0421. The third-order valence-corrected chi connectivity index (χ3v) is 7.65. The fraction of sp³-hybridized carbons (Fsp3) is 0.375. The SMILES string of the molecule is CC[C@H](C)NC(=O)[C@H](C)N(Cc1ccccc1)C(=O)CCN1C(=O)c2ccccc2S1(=O)=O. The number of nitrogens with zero attached hydrogens (tertiary/aromatic N) is 2. The summed E-state index contributed by atoms with van der Waals surface area (Å²) in [7, 11) is -4.00. The van der Waals surface area contributed by atoms with Crippen LogP contribution in [-0.4, -0.2) is 54.0 Å². The van der Waals surface area contributed by atoms with Crippen molar-refractivity contribution in [2.75, 3.05) is 6.54 Å². The van der Waals surface area contributed by atoms with Crippen LogP contribution in [0.15, 0.2) is 59.5 Å². The van der Waals surface area contributed by atoms with Gasteiger partial charge in [-0.15, -0.1) is 0 Å². The van der Waals surface area contributed by atoms with Crippen molar-refractivity contribution >= 4 is 27.7 Å². The summed E-state index contributed by atoms with van der Waals surface area (Å²) >= 11 is 0. The fourth-order valence-electron chi connectivity index (χ4n) is 3.62. The molecule has 3 rings (SSSR count). The smallest absolute Gasteiger partial charge is 0.269 e. The molecule has 33 heavy (non-hydrogen) atoms. The molecule has 0 spiro atoms. The van der Waals surface area contributed by atoms with E-state index in [1.807, 2.05) is 44.2 Å². The molecule has 0 fully saturated rings. The van der Waals surface area contributed by atoms with Gasteiger partial charge in [0.1, 0.15) is 10.9 Å². The Morgan fingerprint density at radius 3 is 2.30 bits per heavy atom. The minimum Gasteiger partial charge on any atom is -0.352 e. The normalized spacial score (nSPS) is 16.1. The van der Waals surface area contributed by atoms with E-state index in [0.29, 0.717) is 0 Å². The van der Waals surface area contributed by atoms with Crippen LogP contribution in [0.3, 0.4) is 0 Å². The maximum Gasteiger partial charge on any atom is 0.269 e. The maximum absolute atomic E-state index is 13.2. The van der Waals surface area contributed by atoms with Crippen molar-refractivity contribution in [1.82, 2.24) is 14.5 Å². The molecule has 0 aliphatic carbocycles. The number of carbonyl (C=O) groups excluding carboxylic acids is 3. The predicted molar refractivity (Wildman–Crippen MR) is 124 cm³/mol. The molecule has 1 heterocycles. The van der Waals surface area contributed by atoms with Crippen LogP contribution in [0.25, 0.3) is 0 Å². The molecule has 2 aromatic carbocycles. The van der Waals surface area contributed by atoms with Crippen molar-refractivity contribution in [3.63, 3.8) is 0 Å². The number of carbonyl (C=O) groups is 3. The molecule has 8 nitrogen and oxygen atoms in total. The molecule has 0 saturated heterocycles. The molecule has 0 aromatic heterocycles. The summed E-state index contributed by atoms with van der Waals surface area (Å²) < 4.78 is 26.3. The lowest BCUT2D eigenvalue weighted by Gasteiger charge is -2.30. The molecule has 3 amide bonds. The average molecular weight is 472 g/mol. The van der Waals surface area contributed by atoms with Crippen molar-refractivity contribution < 1.29 is 22.8 Å². The van der Waals surface area contributed by atoms with Crippen LogP contribution in [0.5, 0.6) is 0 Å². The van der Waals surface area contributed by atoms with E-state index in [4.69, 9.17) is 0 Å². The molecular weight excluding hydrogens is 442 g/mol. The van der Waals surface area contributed by atoms with Crippen LogP contribution in [0.2, 0.25) is 0 Å². The fourth-order valence-corrected chi connectivity index (χ4v) is 5.19. The van der Waals surface area contributed by atoms with Crippen molar-refractivity contribution in [2.24, 2.45) is 0 Å². The third kappa shape index (κ3) is 5.24. The summed E-state index contributed by atoms with van der Waals surface area (Å²) in [6, 6.07) is 14.4. The van der Waals surface area contributed by atoms with Gasteiger partial charge in [-0.1, -0.05) is 49.4 Å². The van der Waals surface area contributed by atoms with Gasteiger partial charge >= 0.3 is 0 Å². The van der Waals surface area contributed by atoms with Gasteiger partial charge in [0, 0.05) is 25.6 Å². The number of nitrogens with one attached hydrogen (secondary N) is 1. The lowest BCUT2D eigenvalue weighted by molar-refractivity contribution is -0.140. The molecule has 2 atom stereocenters. The first-order valence-corrected chi connectivity index (χ1v) is 12.4. The highest BCUT2D eigenvalue weighted by Crippen LogP contribution is 2.30. The average Bonchev–Trinajstić information content (AvgIpc) is 3.01. The summed E-state index contributed by atoms with van der Waals surface area (Å²) in [5.74, 6) is -1.34. The third-order valence-electron chi connectivity index (χ3n) is 5.80. The number of hydrogen-bond acceptors (Lipinski definition) is 5. The number of rotatable bonds is 9. The molecule has 0 bridgehead atoms. The number of amides is 3. The Kier molecular flexibility index (Phi) is 7.53. The summed E-state index contributed by atoms with van der Waals surface area (Å²) in [5.41, 5.74) is 0.943. The van der Waals surface area contributed by atoms with E-state index in [0.717, 1.165) is 16.3 Å². The standard InChI is InChI=1S/C24H29N3O5S/c1-4-17(2)25-23(29)18(3)26(16-19-10-6-5-7-11-19)22(28)14-15-27-24(30)20-12-8-9-13-21(20)33(27,31)32/h5-13,17-18H,4,14-16H2,1-3H3,(H,25,29)/t17-,18-/m0/s1. The Labute approximate surface area is 194 Å². The Hall–Kier alpha value is -3.20. The Bertz CT molecular complexity index is 1130. The minimum atomic E-state index is -4.00. The van der Waals surface area contributed by atoms with Crippen LogP contribution in [0.4, 0.5) is 0 Å². The van der Waals surface area contributed by atoms with Crippen LogP contribution in [0, 0.1) is 0 Å². The predicted octanol–water partition coefficient (Wildman–Crippen LogP) is 2.55. The van der Waals surface area contributed by atoms with Gasteiger partial charge in [0.25, 0.3) is 15.9 Å². The quantitative estimate of drug-likeness (QED) is 0.605. The number of benzene rings is 2. The van der Waals surface area contributed by atoms with Gasteiger partial charge in [-0.3, -0.25) is 14.4 Å².